The van der Waals surface area contributed by atoms with Crippen LogP contribution in [0.25, 0.3) is 22.4 Å². The standard InChI is InChI=1S/C28H28Cl4N4O4/c1-28(2,3)40-27(38)36(13-15-8-9-22(37)34-15)14-19-20(29)12-21(35-26(19)39-4)18-7-5-6-16(23(18)30)17-10-11-33-25(32)24(17)31/h5-7,10-12,15H,8-9,13-14H2,1-4H3,(H,34,37)/t15-/m0/s1. The fourth-order valence-corrected chi connectivity index (χ4v) is 5.27. The summed E-state index contributed by atoms with van der Waals surface area (Å²) in [5.41, 5.74) is 2.08. The number of pyridine rings is 2. The number of aromatic nitrogens is 2. The van der Waals surface area contributed by atoms with Crippen LogP contribution in [0.3, 0.4) is 0 Å². The predicted molar refractivity (Wildman–Crippen MR) is 157 cm³/mol. The van der Waals surface area contributed by atoms with Gasteiger partial charge in [0.25, 0.3) is 0 Å². The SMILES string of the molecule is COc1nc(-c2cccc(-c3ccnc(Cl)c3Cl)c2Cl)cc(Cl)c1CN(C[C@@H]1CCC(=O)N1)C(=O)OC(C)(C)C. The van der Waals surface area contributed by atoms with Crippen LogP contribution in [-0.4, -0.2) is 52.2 Å². The number of amides is 2. The molecule has 12 heteroatoms. The number of methoxy groups -OCH3 is 1. The number of carbonyl (C=O) groups is 2. The largest absolute Gasteiger partial charge is 0.481 e. The smallest absolute Gasteiger partial charge is 0.410 e. The lowest BCUT2D eigenvalue weighted by molar-refractivity contribution is -0.119. The molecule has 1 atom stereocenters. The van der Waals surface area contributed by atoms with Crippen molar-refractivity contribution in [3.05, 3.63) is 62.3 Å². The van der Waals surface area contributed by atoms with E-state index in [0.29, 0.717) is 50.8 Å². The first-order chi connectivity index (χ1) is 18.9. The van der Waals surface area contributed by atoms with E-state index in [1.54, 1.807) is 45.2 Å². The number of benzene rings is 1. The summed E-state index contributed by atoms with van der Waals surface area (Å²) in [4.78, 5) is 35.1. The van der Waals surface area contributed by atoms with Crippen molar-refractivity contribution in [3.8, 4) is 28.3 Å². The predicted octanol–water partition coefficient (Wildman–Crippen LogP) is 7.45. The molecule has 0 unspecified atom stereocenters. The number of ether oxygens (including phenoxy) is 2. The first-order valence-electron chi connectivity index (χ1n) is 12.5. The third-order valence-corrected chi connectivity index (χ3v) is 7.67. The van der Waals surface area contributed by atoms with Crippen molar-refractivity contribution >= 4 is 58.4 Å². The van der Waals surface area contributed by atoms with Gasteiger partial charge in [-0.2, -0.15) is 0 Å². The molecule has 1 fully saturated rings. The van der Waals surface area contributed by atoms with Crippen LogP contribution in [0.2, 0.25) is 20.2 Å². The molecule has 0 radical (unpaired) electrons. The topological polar surface area (TPSA) is 93.7 Å². The van der Waals surface area contributed by atoms with Gasteiger partial charge in [-0.15, -0.1) is 0 Å². The number of carbonyl (C=O) groups excluding carboxylic acids is 2. The number of nitrogens with one attached hydrogen (secondary N) is 1. The maximum atomic E-state index is 13.1. The third kappa shape index (κ3) is 6.92. The van der Waals surface area contributed by atoms with Crippen molar-refractivity contribution < 1.29 is 19.1 Å². The average molecular weight is 626 g/mol. The Balaban J connectivity index is 1.70. The number of hydrogen-bond donors (Lipinski definition) is 1. The molecule has 1 aliphatic heterocycles. The fourth-order valence-electron chi connectivity index (χ4n) is 4.33. The van der Waals surface area contributed by atoms with E-state index in [9.17, 15) is 9.59 Å². The van der Waals surface area contributed by atoms with Crippen LogP contribution in [0.1, 0.15) is 39.2 Å². The molecule has 0 bridgehead atoms. The van der Waals surface area contributed by atoms with E-state index in [2.05, 4.69) is 15.3 Å². The minimum atomic E-state index is -0.714. The minimum absolute atomic E-state index is 0.0507. The molecule has 4 rings (SSSR count). The quantitative estimate of drug-likeness (QED) is 0.274. The van der Waals surface area contributed by atoms with Gasteiger partial charge in [0.1, 0.15) is 10.8 Å². The van der Waals surface area contributed by atoms with Gasteiger partial charge >= 0.3 is 6.09 Å². The maximum absolute atomic E-state index is 13.1. The molecule has 1 aromatic carbocycles. The minimum Gasteiger partial charge on any atom is -0.481 e. The molecule has 2 amide bonds. The molecule has 1 aliphatic rings. The van der Waals surface area contributed by atoms with Gasteiger partial charge in [-0.25, -0.2) is 14.8 Å². The second kappa shape index (κ2) is 12.4. The molecular formula is C28H28Cl4N4O4. The Morgan fingerprint density at radius 3 is 2.45 bits per heavy atom. The van der Waals surface area contributed by atoms with Gasteiger partial charge in [0.2, 0.25) is 11.8 Å². The van der Waals surface area contributed by atoms with E-state index in [4.69, 9.17) is 55.9 Å². The van der Waals surface area contributed by atoms with Crippen LogP contribution < -0.4 is 10.1 Å². The second-order valence-electron chi connectivity index (χ2n) is 10.3. The van der Waals surface area contributed by atoms with Crippen molar-refractivity contribution in [2.45, 2.75) is 51.8 Å². The lowest BCUT2D eigenvalue weighted by Gasteiger charge is -2.29. The summed E-state index contributed by atoms with van der Waals surface area (Å²) in [6.45, 7) is 5.65. The summed E-state index contributed by atoms with van der Waals surface area (Å²) >= 11 is 26.1. The van der Waals surface area contributed by atoms with Crippen molar-refractivity contribution in [1.29, 1.82) is 0 Å². The lowest BCUT2D eigenvalue weighted by atomic mass is 10.0. The molecule has 0 aliphatic carbocycles. The van der Waals surface area contributed by atoms with E-state index in [0.717, 1.165) is 0 Å². The van der Waals surface area contributed by atoms with Crippen molar-refractivity contribution in [3.63, 3.8) is 0 Å². The molecule has 1 N–H and O–H groups in total. The monoisotopic (exact) mass is 624 g/mol. The summed E-state index contributed by atoms with van der Waals surface area (Å²) in [6, 6.07) is 8.62. The van der Waals surface area contributed by atoms with Gasteiger partial charge in [-0.3, -0.25) is 4.79 Å². The van der Waals surface area contributed by atoms with Crippen LogP contribution >= 0.6 is 46.4 Å². The Morgan fingerprint density at radius 2 is 1.80 bits per heavy atom. The maximum Gasteiger partial charge on any atom is 0.410 e. The molecule has 40 heavy (non-hydrogen) atoms. The normalized spacial score (nSPS) is 15.1. The van der Waals surface area contributed by atoms with Crippen molar-refractivity contribution in [1.82, 2.24) is 20.2 Å². The van der Waals surface area contributed by atoms with E-state index in [1.165, 1.54) is 12.0 Å². The van der Waals surface area contributed by atoms with E-state index < -0.39 is 11.7 Å². The fraction of sp³-hybridized carbons (Fsp3) is 0.357. The molecule has 212 valence electrons. The summed E-state index contributed by atoms with van der Waals surface area (Å²) in [5, 5.41) is 4.04. The number of nitrogens with zero attached hydrogens (tertiary/aromatic N) is 3. The Hall–Kier alpha value is -2.78. The van der Waals surface area contributed by atoms with E-state index in [-0.39, 0.29) is 41.1 Å². The summed E-state index contributed by atoms with van der Waals surface area (Å²) in [7, 11) is 1.47. The number of rotatable bonds is 7. The molecule has 3 heterocycles. The zero-order chi connectivity index (χ0) is 29.2. The second-order valence-corrected chi connectivity index (χ2v) is 11.8. The van der Waals surface area contributed by atoms with Crippen LogP contribution in [0.5, 0.6) is 5.88 Å². The van der Waals surface area contributed by atoms with Gasteiger partial charge in [0, 0.05) is 41.9 Å². The highest BCUT2D eigenvalue weighted by atomic mass is 35.5. The van der Waals surface area contributed by atoms with Crippen molar-refractivity contribution in [2.75, 3.05) is 13.7 Å². The number of hydrogen-bond acceptors (Lipinski definition) is 6. The average Bonchev–Trinajstić information content (AvgIpc) is 3.30. The van der Waals surface area contributed by atoms with Gasteiger partial charge in [-0.05, 0) is 39.3 Å². The highest BCUT2D eigenvalue weighted by Crippen LogP contribution is 2.41. The van der Waals surface area contributed by atoms with Gasteiger partial charge in [-0.1, -0.05) is 64.6 Å². The van der Waals surface area contributed by atoms with Crippen LogP contribution in [0.4, 0.5) is 4.79 Å². The lowest BCUT2D eigenvalue weighted by Crippen LogP contribution is -2.43. The van der Waals surface area contributed by atoms with Crippen molar-refractivity contribution in [2.24, 2.45) is 0 Å². The summed E-state index contributed by atoms with van der Waals surface area (Å²) < 4.78 is 11.2. The van der Waals surface area contributed by atoms with Crippen LogP contribution in [-0.2, 0) is 16.1 Å². The Bertz CT molecular complexity index is 1440. The van der Waals surface area contributed by atoms with Gasteiger partial charge in [0.15, 0.2) is 0 Å². The van der Waals surface area contributed by atoms with E-state index >= 15 is 0 Å². The zero-order valence-electron chi connectivity index (χ0n) is 22.4. The Morgan fingerprint density at radius 1 is 1.10 bits per heavy atom. The molecule has 2 aromatic heterocycles. The molecule has 8 nitrogen and oxygen atoms in total. The molecule has 0 saturated carbocycles. The zero-order valence-corrected chi connectivity index (χ0v) is 25.4. The molecule has 3 aromatic rings. The van der Waals surface area contributed by atoms with E-state index in [1.807, 2.05) is 12.1 Å². The Kier molecular flexibility index (Phi) is 9.35. The van der Waals surface area contributed by atoms with Gasteiger partial charge in [0.05, 0.1) is 40.0 Å². The summed E-state index contributed by atoms with van der Waals surface area (Å²) in [6.07, 6.45) is 2.03. The molecular weight excluding hydrogens is 598 g/mol. The molecule has 1 saturated heterocycles. The van der Waals surface area contributed by atoms with Gasteiger partial charge < -0.3 is 19.7 Å². The third-order valence-electron chi connectivity index (χ3n) is 6.16. The number of halogens is 4. The first-order valence-corrected chi connectivity index (χ1v) is 14.0. The molecule has 0 spiro atoms. The van der Waals surface area contributed by atoms with Crippen LogP contribution in [0, 0.1) is 0 Å². The highest BCUT2D eigenvalue weighted by Gasteiger charge is 2.30. The summed E-state index contributed by atoms with van der Waals surface area (Å²) in [5.74, 6) is 0.170. The Labute approximate surface area is 252 Å². The highest BCUT2D eigenvalue weighted by molar-refractivity contribution is 6.44. The first kappa shape index (κ1) is 30.2. The van der Waals surface area contributed by atoms with Crippen LogP contribution in [0.15, 0.2) is 36.5 Å².